The molecule has 1 aliphatic rings. The molecule has 0 spiro atoms. The topological polar surface area (TPSA) is 28.2 Å². The molecular formula is C14H22BrCl2N3. The largest absolute Gasteiger partial charge is 0.314 e. The van der Waals surface area contributed by atoms with Crippen LogP contribution in [-0.2, 0) is 0 Å². The highest BCUT2D eigenvalue weighted by Gasteiger charge is 2.23. The number of allylic oxidation sites excluding steroid dienone is 1. The van der Waals surface area contributed by atoms with Gasteiger partial charge in [-0.15, -0.1) is 31.4 Å². The Morgan fingerprint density at radius 2 is 2.10 bits per heavy atom. The van der Waals surface area contributed by atoms with E-state index in [0.717, 1.165) is 43.6 Å². The quantitative estimate of drug-likeness (QED) is 0.622. The van der Waals surface area contributed by atoms with E-state index in [4.69, 9.17) is 0 Å². The third-order valence-electron chi connectivity index (χ3n) is 3.38. The van der Waals surface area contributed by atoms with E-state index < -0.39 is 0 Å². The first-order chi connectivity index (χ1) is 8.83. The fraction of sp³-hybridized carbons (Fsp3) is 0.500. The van der Waals surface area contributed by atoms with E-state index in [1.54, 1.807) is 0 Å². The summed E-state index contributed by atoms with van der Waals surface area (Å²) in [5, 5.41) is 3.40. The lowest BCUT2D eigenvalue weighted by Crippen LogP contribution is -2.45. The van der Waals surface area contributed by atoms with Crippen LogP contribution in [0.25, 0.3) is 0 Å². The maximum atomic E-state index is 4.35. The summed E-state index contributed by atoms with van der Waals surface area (Å²) in [6.45, 7) is 8.18. The molecule has 1 saturated heterocycles. The Morgan fingerprint density at radius 1 is 1.40 bits per heavy atom. The van der Waals surface area contributed by atoms with Gasteiger partial charge in [0.25, 0.3) is 0 Å². The molecule has 114 valence electrons. The predicted molar refractivity (Wildman–Crippen MR) is 93.0 cm³/mol. The molecule has 1 N–H and O–H groups in total. The second-order valence-corrected chi connectivity index (χ2v) is 5.30. The minimum atomic E-state index is 0. The highest BCUT2D eigenvalue weighted by molar-refractivity contribution is 9.10. The van der Waals surface area contributed by atoms with E-state index in [9.17, 15) is 0 Å². The van der Waals surface area contributed by atoms with Crippen LogP contribution in [0.3, 0.4) is 0 Å². The van der Waals surface area contributed by atoms with Gasteiger partial charge in [0.05, 0.1) is 0 Å². The minimum Gasteiger partial charge on any atom is -0.314 e. The van der Waals surface area contributed by atoms with Gasteiger partial charge >= 0.3 is 0 Å². The molecule has 0 unspecified atom stereocenters. The number of aromatic nitrogens is 1. The van der Waals surface area contributed by atoms with Crippen LogP contribution < -0.4 is 5.32 Å². The van der Waals surface area contributed by atoms with Crippen molar-refractivity contribution < 1.29 is 0 Å². The number of nitrogens with zero attached hydrogens (tertiary/aromatic N) is 2. The number of hydrogen-bond acceptors (Lipinski definition) is 3. The molecule has 1 fully saturated rings. The van der Waals surface area contributed by atoms with E-state index in [2.05, 4.69) is 43.8 Å². The summed E-state index contributed by atoms with van der Waals surface area (Å²) in [5.41, 5.74) is 1.29. The molecule has 0 saturated carbocycles. The Balaban J connectivity index is 0.00000180. The first-order valence-electron chi connectivity index (χ1n) is 6.49. The molecule has 0 aliphatic carbocycles. The zero-order chi connectivity index (χ0) is 12.8. The first-order valence-corrected chi connectivity index (χ1v) is 7.28. The number of hydrogen-bond donors (Lipinski definition) is 1. The van der Waals surface area contributed by atoms with Crippen LogP contribution in [-0.4, -0.2) is 36.1 Å². The number of halogens is 3. The van der Waals surface area contributed by atoms with E-state index in [0.29, 0.717) is 6.04 Å². The van der Waals surface area contributed by atoms with Crippen LogP contribution in [0.4, 0.5) is 0 Å². The van der Waals surface area contributed by atoms with Crippen LogP contribution >= 0.6 is 40.7 Å². The Hall–Kier alpha value is -0.130. The molecule has 2 rings (SSSR count). The van der Waals surface area contributed by atoms with E-state index >= 15 is 0 Å². The summed E-state index contributed by atoms with van der Waals surface area (Å²) >= 11 is 3.58. The average molecular weight is 383 g/mol. The Morgan fingerprint density at radius 3 is 2.70 bits per heavy atom. The van der Waals surface area contributed by atoms with Crippen LogP contribution in [0.15, 0.2) is 35.6 Å². The number of pyridine rings is 1. The second-order valence-electron chi connectivity index (χ2n) is 4.55. The molecule has 0 amide bonds. The molecule has 1 aliphatic heterocycles. The van der Waals surface area contributed by atoms with Crippen molar-refractivity contribution in [3.05, 3.63) is 41.2 Å². The third kappa shape index (κ3) is 5.34. The standard InChI is InChI=1S/C14H20BrN3.2ClH/c1-2-3-6-13(18-10-8-16-9-11-18)12-5-4-7-17-14(12)15;;/h2,4-5,7,13,16H,1,3,6,8-11H2;2*1H/t13-;;/m1../s1. The van der Waals surface area contributed by atoms with Crippen molar-refractivity contribution in [2.45, 2.75) is 18.9 Å². The molecule has 1 atom stereocenters. The molecule has 1 aromatic rings. The summed E-state index contributed by atoms with van der Waals surface area (Å²) in [6, 6.07) is 4.63. The normalized spacial score (nSPS) is 16.6. The summed E-state index contributed by atoms with van der Waals surface area (Å²) in [5.74, 6) is 0. The van der Waals surface area contributed by atoms with Gasteiger partial charge in [-0.05, 0) is 34.8 Å². The Bertz CT molecular complexity index is 398. The monoisotopic (exact) mass is 381 g/mol. The first kappa shape index (κ1) is 19.9. The van der Waals surface area contributed by atoms with E-state index in [1.807, 2.05) is 18.3 Å². The molecule has 0 aromatic carbocycles. The zero-order valence-electron chi connectivity index (χ0n) is 11.4. The molecule has 0 radical (unpaired) electrons. The fourth-order valence-corrected chi connectivity index (χ4v) is 2.97. The van der Waals surface area contributed by atoms with Gasteiger partial charge in [-0.3, -0.25) is 4.90 Å². The molecular weight excluding hydrogens is 361 g/mol. The van der Waals surface area contributed by atoms with E-state index in [-0.39, 0.29) is 24.8 Å². The van der Waals surface area contributed by atoms with Gasteiger partial charge in [0.2, 0.25) is 0 Å². The molecule has 20 heavy (non-hydrogen) atoms. The van der Waals surface area contributed by atoms with Gasteiger partial charge in [-0.1, -0.05) is 12.1 Å². The Labute approximate surface area is 142 Å². The summed E-state index contributed by atoms with van der Waals surface area (Å²) in [6.07, 6.45) is 5.97. The summed E-state index contributed by atoms with van der Waals surface area (Å²) in [4.78, 5) is 6.89. The highest BCUT2D eigenvalue weighted by atomic mass is 79.9. The van der Waals surface area contributed by atoms with Crippen molar-refractivity contribution in [1.82, 2.24) is 15.2 Å². The molecule has 1 aromatic heterocycles. The van der Waals surface area contributed by atoms with Crippen molar-refractivity contribution in [2.24, 2.45) is 0 Å². The van der Waals surface area contributed by atoms with Gasteiger partial charge in [0.15, 0.2) is 0 Å². The van der Waals surface area contributed by atoms with Gasteiger partial charge < -0.3 is 5.32 Å². The molecule has 2 heterocycles. The van der Waals surface area contributed by atoms with Crippen LogP contribution in [0.2, 0.25) is 0 Å². The lowest BCUT2D eigenvalue weighted by molar-refractivity contribution is 0.165. The van der Waals surface area contributed by atoms with Gasteiger partial charge in [0.1, 0.15) is 4.60 Å². The number of rotatable bonds is 5. The summed E-state index contributed by atoms with van der Waals surface area (Å²) < 4.78 is 0.970. The number of nitrogens with one attached hydrogen (secondary N) is 1. The second kappa shape index (κ2) is 10.6. The SMILES string of the molecule is C=CCC[C@H](c1cccnc1Br)N1CCNCC1.Cl.Cl. The van der Waals surface area contributed by atoms with Gasteiger partial charge in [0, 0.05) is 44.0 Å². The molecule has 6 heteroatoms. The number of piperazine rings is 1. The van der Waals surface area contributed by atoms with Crippen LogP contribution in [0.5, 0.6) is 0 Å². The smallest absolute Gasteiger partial charge is 0.110 e. The highest BCUT2D eigenvalue weighted by Crippen LogP contribution is 2.30. The predicted octanol–water partition coefficient (Wildman–Crippen LogP) is 3.60. The molecule has 3 nitrogen and oxygen atoms in total. The van der Waals surface area contributed by atoms with Crippen molar-refractivity contribution in [1.29, 1.82) is 0 Å². The summed E-state index contributed by atoms with van der Waals surface area (Å²) in [7, 11) is 0. The lowest BCUT2D eigenvalue weighted by atomic mass is 10.0. The van der Waals surface area contributed by atoms with Crippen LogP contribution in [0, 0.1) is 0 Å². The zero-order valence-corrected chi connectivity index (χ0v) is 14.6. The van der Waals surface area contributed by atoms with Gasteiger partial charge in [-0.2, -0.15) is 0 Å². The molecule has 0 bridgehead atoms. The van der Waals surface area contributed by atoms with Gasteiger partial charge in [-0.25, -0.2) is 4.98 Å². The fourth-order valence-electron chi connectivity index (χ4n) is 2.45. The minimum absolute atomic E-state index is 0. The maximum absolute atomic E-state index is 4.35. The maximum Gasteiger partial charge on any atom is 0.110 e. The lowest BCUT2D eigenvalue weighted by Gasteiger charge is -2.35. The van der Waals surface area contributed by atoms with E-state index in [1.165, 1.54) is 5.56 Å². The van der Waals surface area contributed by atoms with Crippen LogP contribution in [0.1, 0.15) is 24.4 Å². The third-order valence-corrected chi connectivity index (χ3v) is 4.05. The van der Waals surface area contributed by atoms with Crippen molar-refractivity contribution in [3.8, 4) is 0 Å². The average Bonchev–Trinajstić information content (AvgIpc) is 2.42. The Kier molecular flexibility index (Phi) is 10.5. The van der Waals surface area contributed by atoms with Crippen molar-refractivity contribution in [3.63, 3.8) is 0 Å². The van der Waals surface area contributed by atoms with Crippen molar-refractivity contribution >= 4 is 40.7 Å². The van der Waals surface area contributed by atoms with Crippen molar-refractivity contribution in [2.75, 3.05) is 26.2 Å².